The Hall–Kier alpha value is -2.00. The van der Waals surface area contributed by atoms with Gasteiger partial charge in [0.05, 0.1) is 17.4 Å². The Balaban J connectivity index is 2.51. The maximum absolute atomic E-state index is 12.2. The lowest BCUT2D eigenvalue weighted by Crippen LogP contribution is -2.42. The number of carbonyl (C=O) groups excluding carboxylic acids is 1. The van der Waals surface area contributed by atoms with Gasteiger partial charge in [0.25, 0.3) is 0 Å². The van der Waals surface area contributed by atoms with Crippen LogP contribution in [0.1, 0.15) is 31.4 Å². The third kappa shape index (κ3) is 5.78. The number of carboxylic acid groups (broad SMARTS) is 1. The molecular weight excluding hydrogens is 300 g/mol. The minimum absolute atomic E-state index is 0.0842. The molecule has 1 rings (SSSR count). The summed E-state index contributed by atoms with van der Waals surface area (Å²) in [4.78, 5) is 24.4. The van der Waals surface area contributed by atoms with Gasteiger partial charge in [0.1, 0.15) is 6.54 Å². The first kappa shape index (κ1) is 18.1. The van der Waals surface area contributed by atoms with Crippen LogP contribution in [-0.4, -0.2) is 40.2 Å². The van der Waals surface area contributed by atoms with Gasteiger partial charge in [0.2, 0.25) is 5.91 Å². The molecule has 0 saturated carbocycles. The number of carbonyl (C=O) groups is 2. The minimum atomic E-state index is -0.995. The molecule has 6 heteroatoms. The number of rotatable bonds is 8. The Bertz CT molecular complexity index is 552. The predicted octanol–water partition coefficient (Wildman–Crippen LogP) is 2.50. The number of nitriles is 1. The summed E-state index contributed by atoms with van der Waals surface area (Å²) in [5, 5.41) is 17.6. The van der Waals surface area contributed by atoms with E-state index in [1.165, 1.54) is 16.7 Å². The smallest absolute Gasteiger partial charge is 0.323 e. The highest BCUT2D eigenvalue weighted by Crippen LogP contribution is 2.15. The van der Waals surface area contributed by atoms with Crippen molar-refractivity contribution in [2.24, 2.45) is 0 Å². The van der Waals surface area contributed by atoms with Gasteiger partial charge in [-0.15, -0.1) is 11.8 Å². The molecule has 118 valence electrons. The lowest BCUT2D eigenvalue weighted by molar-refractivity contribution is -0.144. The van der Waals surface area contributed by atoms with Gasteiger partial charge in [0, 0.05) is 11.8 Å². The lowest BCUT2D eigenvalue weighted by Gasteiger charge is -2.26. The van der Waals surface area contributed by atoms with E-state index in [1.807, 2.05) is 26.0 Å². The van der Waals surface area contributed by atoms with Crippen LogP contribution >= 0.6 is 11.8 Å². The van der Waals surface area contributed by atoms with Crippen molar-refractivity contribution in [1.29, 1.82) is 5.26 Å². The van der Waals surface area contributed by atoms with Crippen molar-refractivity contribution in [3.63, 3.8) is 0 Å². The van der Waals surface area contributed by atoms with Crippen LogP contribution in [0.2, 0.25) is 0 Å². The fourth-order valence-electron chi connectivity index (χ4n) is 1.87. The molecule has 0 saturated heterocycles. The summed E-state index contributed by atoms with van der Waals surface area (Å²) in [6.07, 6.45) is 0.722. The van der Waals surface area contributed by atoms with Gasteiger partial charge in [-0.25, -0.2) is 0 Å². The Morgan fingerprint density at radius 2 is 2.00 bits per heavy atom. The number of carboxylic acids is 1. The summed E-state index contributed by atoms with van der Waals surface area (Å²) in [5.74, 6) is -0.252. The van der Waals surface area contributed by atoms with E-state index in [1.54, 1.807) is 12.1 Å². The molecule has 0 aliphatic rings. The van der Waals surface area contributed by atoms with E-state index in [4.69, 9.17) is 10.4 Å². The van der Waals surface area contributed by atoms with Crippen molar-refractivity contribution in [3.8, 4) is 6.07 Å². The van der Waals surface area contributed by atoms with Crippen molar-refractivity contribution in [2.45, 2.75) is 32.1 Å². The average molecular weight is 320 g/mol. The van der Waals surface area contributed by atoms with E-state index in [0.29, 0.717) is 11.3 Å². The van der Waals surface area contributed by atoms with Crippen LogP contribution in [-0.2, 0) is 15.3 Å². The van der Waals surface area contributed by atoms with Gasteiger partial charge in [-0.05, 0) is 31.0 Å². The second-order valence-corrected chi connectivity index (χ2v) is 5.96. The van der Waals surface area contributed by atoms with E-state index in [-0.39, 0.29) is 24.2 Å². The van der Waals surface area contributed by atoms with Crippen molar-refractivity contribution in [2.75, 3.05) is 12.3 Å². The van der Waals surface area contributed by atoms with Crippen LogP contribution in [0.5, 0.6) is 0 Å². The molecule has 0 radical (unpaired) electrons. The standard InChI is InChI=1S/C16H20N2O3S/c1-3-12(2)18(9-16(20)21)15(19)11-22-10-14-6-4-13(8-17)5-7-14/h4-7,12H,3,9-11H2,1-2H3,(H,20,21). The zero-order valence-electron chi connectivity index (χ0n) is 12.8. The molecule has 1 N–H and O–H groups in total. The number of thioether (sulfide) groups is 1. The molecule has 1 aromatic carbocycles. The van der Waals surface area contributed by atoms with E-state index in [9.17, 15) is 9.59 Å². The molecule has 0 heterocycles. The second-order valence-electron chi connectivity index (χ2n) is 4.97. The van der Waals surface area contributed by atoms with Crippen molar-refractivity contribution < 1.29 is 14.7 Å². The molecule has 1 atom stereocenters. The summed E-state index contributed by atoms with van der Waals surface area (Å²) in [7, 11) is 0. The van der Waals surface area contributed by atoms with Crippen molar-refractivity contribution in [3.05, 3.63) is 35.4 Å². The summed E-state index contributed by atoms with van der Waals surface area (Å²) < 4.78 is 0. The molecule has 1 aromatic rings. The number of benzene rings is 1. The van der Waals surface area contributed by atoms with Crippen LogP contribution in [0.15, 0.2) is 24.3 Å². The maximum Gasteiger partial charge on any atom is 0.323 e. The Labute approximate surface area is 134 Å². The topological polar surface area (TPSA) is 81.4 Å². The van der Waals surface area contributed by atoms with Gasteiger partial charge < -0.3 is 10.0 Å². The Morgan fingerprint density at radius 3 is 2.50 bits per heavy atom. The summed E-state index contributed by atoms with van der Waals surface area (Å²) in [6.45, 7) is 3.52. The third-order valence-electron chi connectivity index (χ3n) is 3.33. The van der Waals surface area contributed by atoms with E-state index < -0.39 is 5.97 Å². The summed E-state index contributed by atoms with van der Waals surface area (Å²) in [5.41, 5.74) is 1.64. The van der Waals surface area contributed by atoms with Crippen LogP contribution in [0.3, 0.4) is 0 Å². The van der Waals surface area contributed by atoms with Gasteiger partial charge in [0.15, 0.2) is 0 Å². The highest BCUT2D eigenvalue weighted by molar-refractivity contribution is 7.99. The highest BCUT2D eigenvalue weighted by atomic mass is 32.2. The monoisotopic (exact) mass is 320 g/mol. The highest BCUT2D eigenvalue weighted by Gasteiger charge is 2.21. The molecule has 0 aliphatic carbocycles. The molecule has 22 heavy (non-hydrogen) atoms. The normalized spacial score (nSPS) is 11.5. The number of amides is 1. The fraction of sp³-hybridized carbons (Fsp3) is 0.438. The van der Waals surface area contributed by atoms with Crippen LogP contribution in [0.4, 0.5) is 0 Å². The molecule has 0 fully saturated rings. The molecule has 0 aliphatic heterocycles. The van der Waals surface area contributed by atoms with E-state index in [2.05, 4.69) is 6.07 Å². The first-order valence-corrected chi connectivity index (χ1v) is 8.21. The van der Waals surface area contributed by atoms with Crippen LogP contribution in [0.25, 0.3) is 0 Å². The Kier molecular flexibility index (Phi) is 7.47. The number of hydrogen-bond donors (Lipinski definition) is 1. The zero-order valence-corrected chi connectivity index (χ0v) is 13.6. The molecule has 5 nitrogen and oxygen atoms in total. The van der Waals surface area contributed by atoms with Crippen LogP contribution in [0, 0.1) is 11.3 Å². The molecule has 0 aromatic heterocycles. The fourth-order valence-corrected chi connectivity index (χ4v) is 2.74. The molecule has 1 amide bonds. The molecule has 0 bridgehead atoms. The Morgan fingerprint density at radius 1 is 1.36 bits per heavy atom. The lowest BCUT2D eigenvalue weighted by atomic mass is 10.2. The SMILES string of the molecule is CCC(C)N(CC(=O)O)C(=O)CSCc1ccc(C#N)cc1. The molecule has 1 unspecified atom stereocenters. The number of hydrogen-bond acceptors (Lipinski definition) is 4. The van der Waals surface area contributed by atoms with E-state index >= 15 is 0 Å². The zero-order chi connectivity index (χ0) is 16.5. The van der Waals surface area contributed by atoms with E-state index in [0.717, 1.165) is 12.0 Å². The molecule has 0 spiro atoms. The number of nitrogens with zero attached hydrogens (tertiary/aromatic N) is 2. The maximum atomic E-state index is 12.2. The quantitative estimate of drug-likeness (QED) is 0.796. The van der Waals surface area contributed by atoms with Crippen molar-refractivity contribution in [1.82, 2.24) is 4.90 Å². The van der Waals surface area contributed by atoms with Gasteiger partial charge in [-0.2, -0.15) is 5.26 Å². The molecular formula is C16H20N2O3S. The van der Waals surface area contributed by atoms with Crippen molar-refractivity contribution >= 4 is 23.6 Å². The summed E-state index contributed by atoms with van der Waals surface area (Å²) in [6, 6.07) is 9.18. The predicted molar refractivity (Wildman–Crippen MR) is 86.4 cm³/mol. The second kappa shape index (κ2) is 9.11. The third-order valence-corrected chi connectivity index (χ3v) is 4.31. The first-order valence-electron chi connectivity index (χ1n) is 7.06. The average Bonchev–Trinajstić information content (AvgIpc) is 2.52. The first-order chi connectivity index (χ1) is 10.5. The largest absolute Gasteiger partial charge is 0.480 e. The van der Waals surface area contributed by atoms with Gasteiger partial charge >= 0.3 is 5.97 Å². The van der Waals surface area contributed by atoms with Gasteiger partial charge in [-0.3, -0.25) is 9.59 Å². The minimum Gasteiger partial charge on any atom is -0.480 e. The number of aliphatic carboxylic acids is 1. The van der Waals surface area contributed by atoms with Crippen LogP contribution < -0.4 is 0 Å². The van der Waals surface area contributed by atoms with Gasteiger partial charge in [-0.1, -0.05) is 19.1 Å². The summed E-state index contributed by atoms with van der Waals surface area (Å²) >= 11 is 1.44.